The van der Waals surface area contributed by atoms with Gasteiger partial charge in [-0.2, -0.15) is 5.10 Å². The summed E-state index contributed by atoms with van der Waals surface area (Å²) in [5.41, 5.74) is 0.230. The van der Waals surface area contributed by atoms with E-state index < -0.39 is 11.8 Å². The molecule has 0 aliphatic carbocycles. The maximum Gasteiger partial charge on any atom is 0.319 e. The number of unbranched alkanes of at least 4 members (excludes halogenated alkanes) is 1. The molecule has 0 saturated carbocycles. The van der Waals surface area contributed by atoms with Gasteiger partial charge in [-0.05, 0) is 28.8 Å². The summed E-state index contributed by atoms with van der Waals surface area (Å²) in [7, 11) is 0. The number of carbonyl (C=O) groups is 2. The highest BCUT2D eigenvalue weighted by Gasteiger charge is 2.19. The molecule has 0 atom stereocenters. The van der Waals surface area contributed by atoms with Crippen LogP contribution in [0.5, 0.6) is 5.75 Å². The van der Waals surface area contributed by atoms with Crippen LogP contribution in [-0.2, 0) is 11.3 Å². The predicted octanol–water partition coefficient (Wildman–Crippen LogP) is 2.72. The van der Waals surface area contributed by atoms with Crippen molar-refractivity contribution in [3.05, 3.63) is 34.8 Å². The lowest BCUT2D eigenvalue weighted by molar-refractivity contribution is -0.118. The van der Waals surface area contributed by atoms with Crippen LogP contribution < -0.4 is 20.7 Å². The lowest BCUT2D eigenvalue weighted by Gasteiger charge is -2.19. The van der Waals surface area contributed by atoms with Crippen molar-refractivity contribution in [2.24, 2.45) is 0 Å². The maximum absolute atomic E-state index is 14.0. The lowest BCUT2D eigenvalue weighted by Crippen LogP contribution is -2.30. The number of halogens is 2. The van der Waals surface area contributed by atoms with Crippen LogP contribution in [0.25, 0.3) is 0 Å². The number of urea groups is 1. The summed E-state index contributed by atoms with van der Waals surface area (Å²) in [6.07, 6.45) is 5.19. The second-order valence-electron chi connectivity index (χ2n) is 5.67. The molecule has 2 heterocycles. The Hall–Kier alpha value is -2.62. The molecule has 3 N–H and O–H groups in total. The van der Waals surface area contributed by atoms with Gasteiger partial charge in [0, 0.05) is 31.4 Å². The van der Waals surface area contributed by atoms with Crippen molar-refractivity contribution in [3.63, 3.8) is 0 Å². The smallest absolute Gasteiger partial charge is 0.319 e. The van der Waals surface area contributed by atoms with Crippen molar-refractivity contribution in [1.82, 2.24) is 15.1 Å². The third-order valence-electron chi connectivity index (χ3n) is 3.65. The lowest BCUT2D eigenvalue weighted by atomic mass is 10.2. The van der Waals surface area contributed by atoms with Crippen LogP contribution in [0.1, 0.15) is 12.8 Å². The van der Waals surface area contributed by atoms with Gasteiger partial charge in [0.05, 0.1) is 22.0 Å². The van der Waals surface area contributed by atoms with E-state index in [1.54, 1.807) is 6.20 Å². The zero-order valence-electron chi connectivity index (χ0n) is 13.7. The molecule has 0 fully saturated rings. The highest BCUT2D eigenvalue weighted by Crippen LogP contribution is 2.32. The van der Waals surface area contributed by atoms with E-state index in [4.69, 9.17) is 4.74 Å². The number of nitrogens with zero attached hydrogens (tertiary/aromatic N) is 2. The van der Waals surface area contributed by atoms with Crippen LogP contribution in [0, 0.1) is 5.82 Å². The number of anilines is 2. The summed E-state index contributed by atoms with van der Waals surface area (Å²) in [6, 6.07) is 1.95. The molecule has 2 aromatic rings. The van der Waals surface area contributed by atoms with E-state index in [1.807, 2.05) is 10.9 Å². The number of nitrogens with one attached hydrogen (secondary N) is 3. The van der Waals surface area contributed by atoms with Crippen LogP contribution in [0.4, 0.5) is 20.6 Å². The Morgan fingerprint density at radius 2 is 2.27 bits per heavy atom. The van der Waals surface area contributed by atoms with Gasteiger partial charge in [-0.25, -0.2) is 9.18 Å². The molecule has 1 aromatic heterocycles. The molecule has 0 saturated heterocycles. The number of fused-ring (bicyclic) bond motifs is 1. The van der Waals surface area contributed by atoms with Gasteiger partial charge in [-0.3, -0.25) is 9.48 Å². The summed E-state index contributed by atoms with van der Waals surface area (Å²) in [5.74, 6) is -0.696. The van der Waals surface area contributed by atoms with E-state index in [0.29, 0.717) is 12.3 Å². The number of aromatic nitrogens is 2. The number of ether oxygens (including phenoxy) is 1. The van der Waals surface area contributed by atoms with E-state index in [-0.39, 0.29) is 23.9 Å². The molecule has 3 rings (SSSR count). The van der Waals surface area contributed by atoms with Crippen molar-refractivity contribution in [3.8, 4) is 5.75 Å². The van der Waals surface area contributed by atoms with Crippen LogP contribution >= 0.6 is 15.9 Å². The van der Waals surface area contributed by atoms with Crippen molar-refractivity contribution in [2.45, 2.75) is 19.4 Å². The Balaban J connectivity index is 1.44. The third-order valence-corrected chi connectivity index (χ3v) is 4.06. The first-order valence-corrected chi connectivity index (χ1v) is 8.79. The summed E-state index contributed by atoms with van der Waals surface area (Å²) >= 11 is 3.33. The second kappa shape index (κ2) is 8.17. The van der Waals surface area contributed by atoms with Gasteiger partial charge < -0.3 is 20.7 Å². The van der Waals surface area contributed by atoms with Crippen molar-refractivity contribution in [1.29, 1.82) is 0 Å². The Bertz CT molecular complexity index is 826. The summed E-state index contributed by atoms with van der Waals surface area (Å²) in [5, 5.41) is 11.8. The molecule has 3 amide bonds. The second-order valence-corrected chi connectivity index (χ2v) is 6.59. The molecule has 1 aromatic carbocycles. The number of hydrogen-bond acceptors (Lipinski definition) is 4. The maximum atomic E-state index is 14.0. The van der Waals surface area contributed by atoms with Crippen LogP contribution in [0.15, 0.2) is 29.0 Å². The minimum atomic E-state index is -0.658. The molecule has 8 nitrogen and oxygen atoms in total. The first kappa shape index (κ1) is 18.2. The Morgan fingerprint density at radius 3 is 3.04 bits per heavy atom. The normalized spacial score (nSPS) is 12.8. The van der Waals surface area contributed by atoms with Gasteiger partial charge in [0.1, 0.15) is 11.6 Å². The summed E-state index contributed by atoms with van der Waals surface area (Å²) < 4.78 is 22.0. The van der Waals surface area contributed by atoms with Crippen LogP contribution in [-0.4, -0.2) is 34.9 Å². The average molecular weight is 426 g/mol. The van der Waals surface area contributed by atoms with Gasteiger partial charge in [-0.1, -0.05) is 0 Å². The number of benzene rings is 1. The van der Waals surface area contributed by atoms with Gasteiger partial charge in [0.2, 0.25) is 0 Å². The molecule has 1 aliphatic heterocycles. The molecule has 0 radical (unpaired) electrons. The molecular weight excluding hydrogens is 409 g/mol. The van der Waals surface area contributed by atoms with Gasteiger partial charge >= 0.3 is 6.03 Å². The predicted molar refractivity (Wildman–Crippen MR) is 96.7 cm³/mol. The topological polar surface area (TPSA) is 97.3 Å². The Kier molecular flexibility index (Phi) is 5.71. The van der Waals surface area contributed by atoms with E-state index in [9.17, 15) is 14.0 Å². The van der Waals surface area contributed by atoms with Crippen LogP contribution in [0.2, 0.25) is 0 Å². The number of amides is 3. The number of rotatable bonds is 6. The first-order valence-electron chi connectivity index (χ1n) is 8.00. The number of hydrogen-bond donors (Lipinski definition) is 3. The molecule has 138 valence electrons. The molecule has 10 heteroatoms. The zero-order chi connectivity index (χ0) is 18.5. The van der Waals surface area contributed by atoms with Crippen molar-refractivity contribution >= 4 is 39.2 Å². The molecule has 0 spiro atoms. The summed E-state index contributed by atoms with van der Waals surface area (Å²) in [6.45, 7) is 1.06. The van der Waals surface area contributed by atoms with E-state index in [2.05, 4.69) is 37.0 Å². The molecular formula is C16H17BrFN5O3. The third kappa shape index (κ3) is 4.72. The largest absolute Gasteiger partial charge is 0.481 e. The summed E-state index contributed by atoms with van der Waals surface area (Å²) in [4.78, 5) is 23.1. The average Bonchev–Trinajstić information content (AvgIpc) is 3.01. The quantitative estimate of drug-likeness (QED) is 0.619. The molecule has 0 unspecified atom stereocenters. The van der Waals surface area contributed by atoms with E-state index in [0.717, 1.165) is 29.9 Å². The molecule has 1 aliphatic rings. The fourth-order valence-electron chi connectivity index (χ4n) is 2.42. The van der Waals surface area contributed by atoms with Crippen molar-refractivity contribution < 1.29 is 18.7 Å². The molecule has 0 bridgehead atoms. The minimum absolute atomic E-state index is 0.0150. The monoisotopic (exact) mass is 425 g/mol. The van der Waals surface area contributed by atoms with Crippen molar-refractivity contribution in [2.75, 3.05) is 23.8 Å². The first-order chi connectivity index (χ1) is 12.5. The van der Waals surface area contributed by atoms with E-state index >= 15 is 0 Å². The van der Waals surface area contributed by atoms with E-state index in [1.165, 1.54) is 6.07 Å². The minimum Gasteiger partial charge on any atom is -0.481 e. The highest BCUT2D eigenvalue weighted by atomic mass is 79.9. The zero-order valence-corrected chi connectivity index (χ0v) is 15.3. The Morgan fingerprint density at radius 1 is 1.42 bits per heavy atom. The van der Waals surface area contributed by atoms with Crippen LogP contribution in [0.3, 0.4) is 0 Å². The highest BCUT2D eigenvalue weighted by molar-refractivity contribution is 9.10. The number of aryl methyl sites for hydroxylation is 1. The number of carbonyl (C=O) groups excluding carboxylic acids is 2. The fraction of sp³-hybridized carbons (Fsp3) is 0.312. The molecule has 26 heavy (non-hydrogen) atoms. The fourth-order valence-corrected chi connectivity index (χ4v) is 2.75. The SMILES string of the molecule is O=C1COc2cc(NC(=O)NCCCCn3cc(Br)cn3)c(F)cc2N1. The standard InChI is InChI=1S/C16H17BrFN5O3/c17-10-7-20-23(8-10)4-2-1-3-19-16(25)22-12-6-14-13(5-11(12)18)21-15(24)9-26-14/h5-8H,1-4,9H2,(H,21,24)(H2,19,22,25). The van der Waals surface area contributed by atoms with Gasteiger partial charge in [0.25, 0.3) is 5.91 Å². The Labute approximate surface area is 157 Å². The van der Waals surface area contributed by atoms with Gasteiger partial charge in [-0.15, -0.1) is 0 Å². The van der Waals surface area contributed by atoms with Gasteiger partial charge in [0.15, 0.2) is 6.61 Å².